The fraction of sp³-hybridized carbons (Fsp3) is 0.538. The molecule has 2 N–H and O–H groups in total. The summed E-state index contributed by atoms with van der Waals surface area (Å²) in [6.45, 7) is 2.17. The number of hydrogen-bond donors (Lipinski definition) is 1. The molecule has 3 heteroatoms. The van der Waals surface area contributed by atoms with Crippen molar-refractivity contribution in [1.29, 1.82) is 0 Å². The molecule has 0 radical (unpaired) electrons. The molecule has 0 amide bonds. The predicted octanol–water partition coefficient (Wildman–Crippen LogP) is 1.83. The number of halogens is 1. The first-order valence-corrected chi connectivity index (χ1v) is 5.76. The Balaban J connectivity index is 1.99. The van der Waals surface area contributed by atoms with E-state index in [1.54, 1.807) is 0 Å². The van der Waals surface area contributed by atoms with Gasteiger partial charge in [0.15, 0.2) is 0 Å². The Bertz CT molecular complexity index is 393. The van der Waals surface area contributed by atoms with E-state index in [4.69, 9.17) is 10.5 Å². The first kappa shape index (κ1) is 10.2. The first-order chi connectivity index (χ1) is 7.72. The van der Waals surface area contributed by atoms with Gasteiger partial charge in [-0.1, -0.05) is 12.1 Å². The SMILES string of the molecule is NCC1(C2(c3ccc(F)cc3)COC2)CC1. The van der Waals surface area contributed by atoms with Gasteiger partial charge >= 0.3 is 0 Å². The van der Waals surface area contributed by atoms with Gasteiger partial charge < -0.3 is 10.5 Å². The third-order valence-electron chi connectivity index (χ3n) is 4.35. The normalized spacial score (nSPS) is 24.9. The highest BCUT2D eigenvalue weighted by Gasteiger charge is 2.62. The summed E-state index contributed by atoms with van der Waals surface area (Å²) in [5, 5.41) is 0. The third kappa shape index (κ3) is 1.19. The number of hydrogen-bond acceptors (Lipinski definition) is 2. The molecule has 0 atom stereocenters. The van der Waals surface area contributed by atoms with Gasteiger partial charge in [0, 0.05) is 5.41 Å². The molecular formula is C13H16FNO. The van der Waals surface area contributed by atoms with Crippen molar-refractivity contribution in [3.8, 4) is 0 Å². The average Bonchev–Trinajstić information content (AvgIpc) is 3.01. The van der Waals surface area contributed by atoms with Crippen molar-refractivity contribution in [2.75, 3.05) is 19.8 Å². The molecule has 0 unspecified atom stereocenters. The maximum atomic E-state index is 12.9. The lowest BCUT2D eigenvalue weighted by Crippen LogP contribution is -2.55. The zero-order valence-electron chi connectivity index (χ0n) is 9.21. The van der Waals surface area contributed by atoms with E-state index in [0.717, 1.165) is 13.2 Å². The highest BCUT2D eigenvalue weighted by molar-refractivity contribution is 5.35. The van der Waals surface area contributed by atoms with Crippen molar-refractivity contribution < 1.29 is 9.13 Å². The molecular weight excluding hydrogens is 205 g/mol. The Morgan fingerprint density at radius 2 is 1.81 bits per heavy atom. The number of ether oxygens (including phenoxy) is 1. The molecule has 1 aromatic rings. The van der Waals surface area contributed by atoms with Crippen LogP contribution >= 0.6 is 0 Å². The van der Waals surface area contributed by atoms with E-state index in [0.29, 0.717) is 6.54 Å². The Morgan fingerprint density at radius 3 is 2.19 bits per heavy atom. The molecule has 1 saturated carbocycles. The van der Waals surface area contributed by atoms with Crippen molar-refractivity contribution in [3.05, 3.63) is 35.6 Å². The summed E-state index contributed by atoms with van der Waals surface area (Å²) >= 11 is 0. The molecule has 2 aliphatic rings. The Morgan fingerprint density at radius 1 is 1.19 bits per heavy atom. The molecule has 1 aromatic carbocycles. The summed E-state index contributed by atoms with van der Waals surface area (Å²) in [5.74, 6) is -0.184. The summed E-state index contributed by atoms with van der Waals surface area (Å²) in [5.41, 5.74) is 7.35. The molecule has 86 valence electrons. The van der Waals surface area contributed by atoms with Crippen molar-refractivity contribution in [3.63, 3.8) is 0 Å². The summed E-state index contributed by atoms with van der Waals surface area (Å²) in [7, 11) is 0. The quantitative estimate of drug-likeness (QED) is 0.845. The minimum atomic E-state index is -0.184. The van der Waals surface area contributed by atoms with Gasteiger partial charge in [0.05, 0.1) is 13.2 Å². The molecule has 0 spiro atoms. The van der Waals surface area contributed by atoms with Crippen LogP contribution < -0.4 is 5.73 Å². The number of rotatable bonds is 3. The average molecular weight is 221 g/mol. The van der Waals surface area contributed by atoms with Crippen molar-refractivity contribution in [2.24, 2.45) is 11.1 Å². The zero-order chi connectivity index (χ0) is 11.2. The Hall–Kier alpha value is -0.930. The fourth-order valence-corrected chi connectivity index (χ4v) is 2.88. The Kier molecular flexibility index (Phi) is 2.10. The molecule has 1 aliphatic carbocycles. The molecule has 3 rings (SSSR count). The van der Waals surface area contributed by atoms with Crippen LogP contribution in [0, 0.1) is 11.2 Å². The van der Waals surface area contributed by atoms with E-state index in [9.17, 15) is 4.39 Å². The Labute approximate surface area is 94.6 Å². The topological polar surface area (TPSA) is 35.2 Å². The van der Waals surface area contributed by atoms with Crippen LogP contribution in [0.15, 0.2) is 24.3 Å². The van der Waals surface area contributed by atoms with Gasteiger partial charge in [0.25, 0.3) is 0 Å². The monoisotopic (exact) mass is 221 g/mol. The van der Waals surface area contributed by atoms with Gasteiger partial charge in [-0.2, -0.15) is 0 Å². The van der Waals surface area contributed by atoms with E-state index in [1.807, 2.05) is 12.1 Å². The maximum Gasteiger partial charge on any atom is 0.123 e. The molecule has 16 heavy (non-hydrogen) atoms. The third-order valence-corrected chi connectivity index (χ3v) is 4.35. The van der Waals surface area contributed by atoms with Crippen LogP contribution in [-0.4, -0.2) is 19.8 Å². The van der Waals surface area contributed by atoms with Crippen LogP contribution in [0.4, 0.5) is 4.39 Å². The van der Waals surface area contributed by atoms with Crippen LogP contribution in [0.3, 0.4) is 0 Å². The van der Waals surface area contributed by atoms with Crippen molar-refractivity contribution in [2.45, 2.75) is 18.3 Å². The van der Waals surface area contributed by atoms with Gasteiger partial charge in [-0.15, -0.1) is 0 Å². The lowest BCUT2D eigenvalue weighted by atomic mass is 9.66. The van der Waals surface area contributed by atoms with E-state index < -0.39 is 0 Å². The lowest BCUT2D eigenvalue weighted by Gasteiger charge is -2.48. The van der Waals surface area contributed by atoms with Crippen molar-refractivity contribution in [1.82, 2.24) is 0 Å². The van der Waals surface area contributed by atoms with Crippen LogP contribution in [0.5, 0.6) is 0 Å². The summed E-state index contributed by atoms with van der Waals surface area (Å²) < 4.78 is 18.3. The second-order valence-corrected chi connectivity index (χ2v) is 5.07. The van der Waals surface area contributed by atoms with Crippen molar-refractivity contribution >= 4 is 0 Å². The number of nitrogens with two attached hydrogens (primary N) is 1. The highest BCUT2D eigenvalue weighted by Crippen LogP contribution is 2.61. The minimum absolute atomic E-state index is 0.0510. The fourth-order valence-electron chi connectivity index (χ4n) is 2.88. The largest absolute Gasteiger partial charge is 0.379 e. The van der Waals surface area contributed by atoms with E-state index in [2.05, 4.69) is 0 Å². The summed E-state index contributed by atoms with van der Waals surface area (Å²) in [6, 6.07) is 6.82. The predicted molar refractivity (Wildman–Crippen MR) is 59.6 cm³/mol. The van der Waals surface area contributed by atoms with Gasteiger partial charge in [-0.05, 0) is 42.5 Å². The molecule has 2 fully saturated rings. The van der Waals surface area contributed by atoms with Gasteiger partial charge in [0.1, 0.15) is 5.82 Å². The summed E-state index contributed by atoms with van der Waals surface area (Å²) in [6.07, 6.45) is 2.34. The van der Waals surface area contributed by atoms with Gasteiger partial charge in [-0.25, -0.2) is 4.39 Å². The maximum absolute atomic E-state index is 12.9. The van der Waals surface area contributed by atoms with Crippen LogP contribution in [0.25, 0.3) is 0 Å². The number of benzene rings is 1. The molecule has 1 saturated heterocycles. The minimum Gasteiger partial charge on any atom is -0.379 e. The molecule has 1 aliphatic heterocycles. The van der Waals surface area contributed by atoms with Gasteiger partial charge in [0.2, 0.25) is 0 Å². The standard InChI is InChI=1S/C13H16FNO/c14-11-3-1-10(2-4-11)13(8-16-9-13)12(7-15)5-6-12/h1-4H,5-9,15H2. The smallest absolute Gasteiger partial charge is 0.123 e. The molecule has 0 bridgehead atoms. The van der Waals surface area contributed by atoms with E-state index >= 15 is 0 Å². The van der Waals surface area contributed by atoms with E-state index in [1.165, 1.54) is 30.5 Å². The molecule has 1 heterocycles. The molecule has 0 aromatic heterocycles. The molecule has 2 nitrogen and oxygen atoms in total. The highest BCUT2D eigenvalue weighted by atomic mass is 19.1. The second-order valence-electron chi connectivity index (χ2n) is 5.07. The van der Waals surface area contributed by atoms with Gasteiger partial charge in [-0.3, -0.25) is 0 Å². The summed E-state index contributed by atoms with van der Waals surface area (Å²) in [4.78, 5) is 0. The second kappa shape index (κ2) is 3.28. The van der Waals surface area contributed by atoms with E-state index in [-0.39, 0.29) is 16.6 Å². The van der Waals surface area contributed by atoms with Crippen LogP contribution in [0.1, 0.15) is 18.4 Å². The first-order valence-electron chi connectivity index (χ1n) is 5.76. The lowest BCUT2D eigenvalue weighted by molar-refractivity contribution is -0.0973. The van der Waals surface area contributed by atoms with Crippen LogP contribution in [0.2, 0.25) is 0 Å². The van der Waals surface area contributed by atoms with Crippen LogP contribution in [-0.2, 0) is 10.2 Å². The zero-order valence-corrected chi connectivity index (χ0v) is 9.21.